The van der Waals surface area contributed by atoms with Crippen molar-refractivity contribution < 1.29 is 9.90 Å². The number of fused-ring (bicyclic) bond motifs is 1. The number of thiophene rings is 1. The summed E-state index contributed by atoms with van der Waals surface area (Å²) in [5.41, 5.74) is -0.391. The van der Waals surface area contributed by atoms with E-state index >= 15 is 0 Å². The molecule has 1 aromatic rings. The Morgan fingerprint density at radius 3 is 2.81 bits per heavy atom. The van der Waals surface area contributed by atoms with Crippen LogP contribution in [0.4, 0.5) is 0 Å². The summed E-state index contributed by atoms with van der Waals surface area (Å²) in [5, 5.41) is 11.5. The molecule has 0 saturated heterocycles. The summed E-state index contributed by atoms with van der Waals surface area (Å²) >= 11 is 1.74. The van der Waals surface area contributed by atoms with E-state index < -0.39 is 11.4 Å². The molecule has 0 aromatic carbocycles. The molecule has 86 valence electrons. The molecule has 2 saturated carbocycles. The van der Waals surface area contributed by atoms with E-state index in [0.29, 0.717) is 0 Å². The monoisotopic (exact) mass is 236 g/mol. The third-order valence-electron chi connectivity index (χ3n) is 4.26. The highest BCUT2D eigenvalue weighted by molar-refractivity contribution is 7.09. The van der Waals surface area contributed by atoms with Gasteiger partial charge in [-0.2, -0.15) is 0 Å². The molecule has 1 aromatic heterocycles. The highest BCUT2D eigenvalue weighted by atomic mass is 32.1. The van der Waals surface area contributed by atoms with Gasteiger partial charge in [0.15, 0.2) is 0 Å². The molecular formula is C13H16O2S. The van der Waals surface area contributed by atoms with Crippen molar-refractivity contribution in [2.24, 2.45) is 17.3 Å². The first kappa shape index (κ1) is 10.3. The number of rotatable bonds is 4. The Morgan fingerprint density at radius 1 is 1.50 bits per heavy atom. The lowest BCUT2D eigenvalue weighted by atomic mass is 9.78. The van der Waals surface area contributed by atoms with Gasteiger partial charge in [-0.3, -0.25) is 4.79 Å². The van der Waals surface area contributed by atoms with Crippen molar-refractivity contribution in [2.45, 2.75) is 32.1 Å². The van der Waals surface area contributed by atoms with Gasteiger partial charge >= 0.3 is 5.97 Å². The quantitative estimate of drug-likeness (QED) is 0.871. The van der Waals surface area contributed by atoms with Crippen molar-refractivity contribution in [3.05, 3.63) is 22.4 Å². The van der Waals surface area contributed by atoms with Gasteiger partial charge in [0.2, 0.25) is 0 Å². The first-order chi connectivity index (χ1) is 7.70. The van der Waals surface area contributed by atoms with Gasteiger partial charge in [-0.25, -0.2) is 0 Å². The number of carboxylic acid groups (broad SMARTS) is 1. The third kappa shape index (κ3) is 1.67. The average Bonchev–Trinajstić information content (AvgIpc) is 2.73. The number of hydrogen-bond donors (Lipinski definition) is 1. The molecule has 2 fully saturated rings. The van der Waals surface area contributed by atoms with E-state index in [1.54, 1.807) is 11.3 Å². The molecule has 2 aliphatic rings. The molecule has 2 atom stereocenters. The highest BCUT2D eigenvalue weighted by Crippen LogP contribution is 2.61. The zero-order valence-electron chi connectivity index (χ0n) is 9.19. The standard InChI is InChI=1S/C13H16O2S/c14-12(15)13(7-9-6-10(9)8-13)4-3-11-2-1-5-16-11/h1-2,5,9-10H,3-4,6-8H2,(H,14,15). The van der Waals surface area contributed by atoms with Gasteiger partial charge < -0.3 is 5.11 Å². The molecule has 2 unspecified atom stereocenters. The zero-order valence-corrected chi connectivity index (χ0v) is 10.0. The second-order valence-corrected chi connectivity index (χ2v) is 6.36. The molecule has 0 amide bonds. The van der Waals surface area contributed by atoms with Crippen LogP contribution < -0.4 is 0 Å². The van der Waals surface area contributed by atoms with Crippen molar-refractivity contribution in [3.8, 4) is 0 Å². The normalized spacial score (nSPS) is 36.0. The summed E-state index contributed by atoms with van der Waals surface area (Å²) in [5.74, 6) is 0.912. The largest absolute Gasteiger partial charge is 0.481 e. The number of carboxylic acids is 1. The van der Waals surface area contributed by atoms with Crippen LogP contribution in [0.15, 0.2) is 17.5 Å². The minimum atomic E-state index is -0.559. The zero-order chi connectivity index (χ0) is 11.2. The number of aryl methyl sites for hydroxylation is 1. The van der Waals surface area contributed by atoms with Gasteiger partial charge in [0.05, 0.1) is 5.41 Å². The Hall–Kier alpha value is -0.830. The van der Waals surface area contributed by atoms with Gasteiger partial charge in [-0.15, -0.1) is 11.3 Å². The van der Waals surface area contributed by atoms with Crippen LogP contribution in [-0.2, 0) is 11.2 Å². The van der Waals surface area contributed by atoms with E-state index in [1.165, 1.54) is 11.3 Å². The SMILES string of the molecule is O=C(O)C1(CCc2cccs2)CC2CC2C1. The summed E-state index contributed by atoms with van der Waals surface area (Å²) in [6.45, 7) is 0. The Labute approximate surface area is 99.3 Å². The van der Waals surface area contributed by atoms with E-state index in [1.807, 2.05) is 6.07 Å². The number of aliphatic carboxylic acids is 1. The molecule has 0 radical (unpaired) electrons. The first-order valence-corrected chi connectivity index (χ1v) is 6.83. The summed E-state index contributed by atoms with van der Waals surface area (Å²) in [4.78, 5) is 12.8. The highest BCUT2D eigenvalue weighted by Gasteiger charge is 2.57. The lowest BCUT2D eigenvalue weighted by Gasteiger charge is -2.25. The second kappa shape index (κ2) is 3.59. The fourth-order valence-corrected chi connectivity index (χ4v) is 3.91. The predicted octanol–water partition coefficient (Wildman–Crippen LogP) is 3.18. The summed E-state index contributed by atoms with van der Waals surface area (Å²) < 4.78 is 0. The van der Waals surface area contributed by atoms with E-state index in [9.17, 15) is 9.90 Å². The lowest BCUT2D eigenvalue weighted by Crippen LogP contribution is -2.30. The van der Waals surface area contributed by atoms with Crippen LogP contribution in [0.25, 0.3) is 0 Å². The van der Waals surface area contributed by atoms with Crippen LogP contribution in [0.3, 0.4) is 0 Å². The van der Waals surface area contributed by atoms with Crippen molar-refractivity contribution in [1.82, 2.24) is 0 Å². The van der Waals surface area contributed by atoms with Crippen LogP contribution in [0.5, 0.6) is 0 Å². The van der Waals surface area contributed by atoms with Crippen LogP contribution in [0.2, 0.25) is 0 Å². The van der Waals surface area contributed by atoms with Gasteiger partial charge in [-0.05, 0) is 55.4 Å². The first-order valence-electron chi connectivity index (χ1n) is 5.95. The maximum absolute atomic E-state index is 11.5. The fraction of sp³-hybridized carbons (Fsp3) is 0.615. The molecule has 3 heteroatoms. The van der Waals surface area contributed by atoms with Crippen molar-refractivity contribution >= 4 is 17.3 Å². The van der Waals surface area contributed by atoms with E-state index in [0.717, 1.165) is 37.5 Å². The van der Waals surface area contributed by atoms with Crippen molar-refractivity contribution in [1.29, 1.82) is 0 Å². The van der Waals surface area contributed by atoms with Crippen molar-refractivity contribution in [2.75, 3.05) is 0 Å². The summed E-state index contributed by atoms with van der Waals surface area (Å²) in [7, 11) is 0. The molecule has 16 heavy (non-hydrogen) atoms. The molecule has 1 N–H and O–H groups in total. The van der Waals surface area contributed by atoms with Crippen molar-refractivity contribution in [3.63, 3.8) is 0 Å². The van der Waals surface area contributed by atoms with Gasteiger partial charge in [-0.1, -0.05) is 6.07 Å². The minimum absolute atomic E-state index is 0.391. The van der Waals surface area contributed by atoms with Crippen LogP contribution in [0, 0.1) is 17.3 Å². The number of carbonyl (C=O) groups is 1. The molecule has 2 aliphatic carbocycles. The van der Waals surface area contributed by atoms with Gasteiger partial charge in [0, 0.05) is 4.88 Å². The molecule has 0 bridgehead atoms. The molecule has 0 aliphatic heterocycles. The van der Waals surface area contributed by atoms with Gasteiger partial charge in [0.1, 0.15) is 0 Å². The van der Waals surface area contributed by atoms with Crippen LogP contribution in [0.1, 0.15) is 30.6 Å². The Kier molecular flexibility index (Phi) is 2.32. The third-order valence-corrected chi connectivity index (χ3v) is 5.19. The molecule has 0 spiro atoms. The Balaban J connectivity index is 1.68. The maximum Gasteiger partial charge on any atom is 0.309 e. The summed E-state index contributed by atoms with van der Waals surface area (Å²) in [6, 6.07) is 4.15. The number of hydrogen-bond acceptors (Lipinski definition) is 2. The topological polar surface area (TPSA) is 37.3 Å². The van der Waals surface area contributed by atoms with E-state index in [4.69, 9.17) is 0 Å². The summed E-state index contributed by atoms with van der Waals surface area (Å²) in [6.07, 6.45) is 4.91. The van der Waals surface area contributed by atoms with E-state index in [-0.39, 0.29) is 0 Å². The molecular weight excluding hydrogens is 220 g/mol. The predicted molar refractivity (Wildman–Crippen MR) is 63.5 cm³/mol. The van der Waals surface area contributed by atoms with Gasteiger partial charge in [0.25, 0.3) is 0 Å². The Morgan fingerprint density at radius 2 is 2.25 bits per heavy atom. The molecule has 3 rings (SSSR count). The van der Waals surface area contributed by atoms with E-state index in [2.05, 4.69) is 11.4 Å². The minimum Gasteiger partial charge on any atom is -0.481 e. The fourth-order valence-electron chi connectivity index (χ4n) is 3.20. The Bertz CT molecular complexity index is 386. The molecule has 1 heterocycles. The average molecular weight is 236 g/mol. The maximum atomic E-state index is 11.5. The lowest BCUT2D eigenvalue weighted by molar-refractivity contribution is -0.149. The van der Waals surface area contributed by atoms with Crippen LogP contribution >= 0.6 is 11.3 Å². The molecule has 2 nitrogen and oxygen atoms in total. The van der Waals surface area contributed by atoms with Crippen LogP contribution in [-0.4, -0.2) is 11.1 Å². The smallest absolute Gasteiger partial charge is 0.309 e. The second-order valence-electron chi connectivity index (χ2n) is 5.33.